The Morgan fingerprint density at radius 3 is 2.37 bits per heavy atom. The van der Waals surface area contributed by atoms with E-state index in [2.05, 4.69) is 24.8 Å². The second-order valence-corrected chi connectivity index (χ2v) is 9.13. The molecule has 0 heterocycles. The van der Waals surface area contributed by atoms with Gasteiger partial charge in [0.05, 0.1) is 11.4 Å². The molecule has 0 radical (unpaired) electrons. The van der Waals surface area contributed by atoms with E-state index in [1.54, 1.807) is 36.4 Å². The highest BCUT2D eigenvalue weighted by Crippen LogP contribution is 2.17. The first-order valence-corrected chi connectivity index (χ1v) is 11.8. The van der Waals surface area contributed by atoms with Gasteiger partial charge in [-0.2, -0.15) is 4.31 Å². The summed E-state index contributed by atoms with van der Waals surface area (Å²) in [4.78, 5) is 0.258. The zero-order valence-corrected chi connectivity index (χ0v) is 18.6. The minimum atomic E-state index is -3.66. The SMILES string of the molecule is CCCC/C=C/CCN(CC#CC(O)c1ccccc1)S(=O)(=O)c1ccc(C)cc1. The van der Waals surface area contributed by atoms with Crippen LogP contribution in [0.15, 0.2) is 71.6 Å². The lowest BCUT2D eigenvalue weighted by Crippen LogP contribution is -2.32. The predicted octanol–water partition coefficient (Wildman–Crippen LogP) is 4.86. The highest BCUT2D eigenvalue weighted by Gasteiger charge is 2.23. The van der Waals surface area contributed by atoms with Crippen molar-refractivity contribution in [3.8, 4) is 11.8 Å². The number of aliphatic hydroxyl groups excluding tert-OH is 1. The molecule has 1 atom stereocenters. The lowest BCUT2D eigenvalue weighted by atomic mass is 10.1. The molecule has 2 aromatic rings. The fourth-order valence-electron chi connectivity index (χ4n) is 2.87. The number of hydrogen-bond donors (Lipinski definition) is 1. The van der Waals surface area contributed by atoms with Crippen molar-refractivity contribution in [3.05, 3.63) is 77.9 Å². The zero-order valence-electron chi connectivity index (χ0n) is 17.8. The van der Waals surface area contributed by atoms with Crippen molar-refractivity contribution in [2.45, 2.75) is 50.5 Å². The molecule has 0 aliphatic rings. The van der Waals surface area contributed by atoms with Gasteiger partial charge in [-0.3, -0.25) is 0 Å². The molecule has 0 aromatic heterocycles. The van der Waals surface area contributed by atoms with Crippen LogP contribution in [0.3, 0.4) is 0 Å². The minimum Gasteiger partial charge on any atom is -0.376 e. The summed E-state index contributed by atoms with van der Waals surface area (Å²) in [6.45, 7) is 4.44. The Kier molecular flexibility index (Phi) is 9.82. The number of hydrogen-bond acceptors (Lipinski definition) is 3. The number of rotatable bonds is 10. The number of nitrogens with zero attached hydrogens (tertiary/aromatic N) is 1. The minimum absolute atomic E-state index is 0.0307. The summed E-state index contributed by atoms with van der Waals surface area (Å²) >= 11 is 0. The van der Waals surface area contributed by atoms with Crippen molar-refractivity contribution < 1.29 is 13.5 Å². The van der Waals surface area contributed by atoms with Crippen LogP contribution in [-0.4, -0.2) is 30.9 Å². The highest BCUT2D eigenvalue weighted by molar-refractivity contribution is 7.89. The average Bonchev–Trinajstić information content (AvgIpc) is 2.75. The second-order valence-electron chi connectivity index (χ2n) is 7.19. The Hall–Kier alpha value is -2.39. The van der Waals surface area contributed by atoms with Crippen LogP contribution in [0.5, 0.6) is 0 Å². The van der Waals surface area contributed by atoms with Gasteiger partial charge in [0.2, 0.25) is 10.0 Å². The molecule has 1 N–H and O–H groups in total. The maximum absolute atomic E-state index is 13.1. The number of unbranched alkanes of at least 4 members (excludes halogenated alkanes) is 2. The first-order valence-electron chi connectivity index (χ1n) is 10.4. The third kappa shape index (κ3) is 7.46. The normalized spacial score (nSPS) is 12.7. The van der Waals surface area contributed by atoms with E-state index in [-0.39, 0.29) is 11.4 Å². The second kappa shape index (κ2) is 12.3. The lowest BCUT2D eigenvalue weighted by molar-refractivity contribution is 0.238. The molecular formula is C25H31NO3S. The van der Waals surface area contributed by atoms with E-state index in [0.717, 1.165) is 24.8 Å². The largest absolute Gasteiger partial charge is 0.376 e. The van der Waals surface area contributed by atoms with Crippen LogP contribution >= 0.6 is 0 Å². The molecular weight excluding hydrogens is 394 g/mol. The summed E-state index contributed by atoms with van der Waals surface area (Å²) in [5, 5.41) is 10.2. The van der Waals surface area contributed by atoms with Crippen LogP contribution in [0.2, 0.25) is 0 Å². The lowest BCUT2D eigenvalue weighted by Gasteiger charge is -2.19. The zero-order chi connectivity index (χ0) is 21.8. The van der Waals surface area contributed by atoms with Crippen molar-refractivity contribution in [3.63, 3.8) is 0 Å². The first-order chi connectivity index (χ1) is 14.4. The van der Waals surface area contributed by atoms with Crippen molar-refractivity contribution in [1.82, 2.24) is 4.31 Å². The predicted molar refractivity (Wildman–Crippen MR) is 122 cm³/mol. The van der Waals surface area contributed by atoms with Gasteiger partial charge in [-0.05, 0) is 37.5 Å². The summed E-state index contributed by atoms with van der Waals surface area (Å²) in [7, 11) is -3.66. The molecule has 30 heavy (non-hydrogen) atoms. The van der Waals surface area contributed by atoms with Gasteiger partial charge < -0.3 is 5.11 Å². The van der Waals surface area contributed by atoms with Crippen molar-refractivity contribution in [1.29, 1.82) is 0 Å². The van der Waals surface area contributed by atoms with Crippen molar-refractivity contribution >= 4 is 10.0 Å². The van der Waals surface area contributed by atoms with E-state index < -0.39 is 16.1 Å². The van der Waals surface area contributed by atoms with Crippen LogP contribution in [0.4, 0.5) is 0 Å². The van der Waals surface area contributed by atoms with Crippen LogP contribution < -0.4 is 0 Å². The molecule has 160 valence electrons. The molecule has 2 rings (SSSR count). The van der Waals surface area contributed by atoms with Gasteiger partial charge in [-0.25, -0.2) is 8.42 Å². The molecule has 0 bridgehead atoms. The van der Waals surface area contributed by atoms with E-state index in [4.69, 9.17) is 0 Å². The smallest absolute Gasteiger partial charge is 0.243 e. The highest BCUT2D eigenvalue weighted by atomic mass is 32.2. The summed E-state index contributed by atoms with van der Waals surface area (Å²) < 4.78 is 27.6. The monoisotopic (exact) mass is 425 g/mol. The molecule has 1 unspecified atom stereocenters. The molecule has 0 saturated carbocycles. The van der Waals surface area contributed by atoms with E-state index in [1.165, 1.54) is 4.31 Å². The third-order valence-corrected chi connectivity index (χ3v) is 6.56. The van der Waals surface area contributed by atoms with Gasteiger partial charge in [-0.1, -0.05) is 91.8 Å². The molecule has 0 spiro atoms. The van der Waals surface area contributed by atoms with Gasteiger partial charge in [-0.15, -0.1) is 0 Å². The van der Waals surface area contributed by atoms with E-state index in [1.807, 2.05) is 31.2 Å². The van der Waals surface area contributed by atoms with Gasteiger partial charge in [0.1, 0.15) is 6.10 Å². The number of aryl methyl sites for hydroxylation is 1. The number of aliphatic hydroxyl groups is 1. The van der Waals surface area contributed by atoms with Gasteiger partial charge in [0, 0.05) is 6.54 Å². The standard InChI is InChI=1S/C25H31NO3S/c1-3-4-5-6-7-11-20-26(30(28,29)24-18-16-22(2)17-19-24)21-12-15-25(27)23-13-9-8-10-14-23/h6-10,13-14,16-19,25,27H,3-5,11,20-21H2,1-2H3/b7-6+. The first kappa shape index (κ1) is 23.9. The molecule has 5 heteroatoms. The number of allylic oxidation sites excluding steroid dienone is 1. The molecule has 0 amide bonds. The summed E-state index contributed by atoms with van der Waals surface area (Å²) in [6, 6.07) is 16.0. The van der Waals surface area contributed by atoms with Crippen LogP contribution in [0.1, 0.15) is 49.8 Å². The fourth-order valence-corrected chi connectivity index (χ4v) is 4.23. The van der Waals surface area contributed by atoms with Gasteiger partial charge in [0.25, 0.3) is 0 Å². The number of sulfonamides is 1. The Bertz CT molecular complexity index is 955. The topological polar surface area (TPSA) is 57.6 Å². The molecule has 0 saturated heterocycles. The molecule has 4 nitrogen and oxygen atoms in total. The molecule has 0 aliphatic carbocycles. The van der Waals surface area contributed by atoms with E-state index in [0.29, 0.717) is 18.5 Å². The van der Waals surface area contributed by atoms with Crippen molar-refractivity contribution in [2.75, 3.05) is 13.1 Å². The molecule has 0 aliphatic heterocycles. The number of benzene rings is 2. The molecule has 2 aromatic carbocycles. The van der Waals surface area contributed by atoms with Crippen molar-refractivity contribution in [2.24, 2.45) is 0 Å². The summed E-state index contributed by atoms with van der Waals surface area (Å²) in [6.07, 6.45) is 7.08. The Balaban J connectivity index is 2.13. The van der Waals surface area contributed by atoms with Crippen LogP contribution in [0, 0.1) is 18.8 Å². The van der Waals surface area contributed by atoms with E-state index >= 15 is 0 Å². The summed E-state index contributed by atoms with van der Waals surface area (Å²) in [5.41, 5.74) is 1.70. The quantitative estimate of drug-likeness (QED) is 0.336. The molecule has 0 fully saturated rings. The Morgan fingerprint density at radius 2 is 1.70 bits per heavy atom. The maximum atomic E-state index is 13.1. The van der Waals surface area contributed by atoms with Crippen LogP contribution in [0.25, 0.3) is 0 Å². The van der Waals surface area contributed by atoms with Gasteiger partial charge >= 0.3 is 0 Å². The Labute approximate surface area is 181 Å². The summed E-state index contributed by atoms with van der Waals surface area (Å²) in [5.74, 6) is 5.62. The average molecular weight is 426 g/mol. The maximum Gasteiger partial charge on any atom is 0.243 e. The third-order valence-electron chi connectivity index (χ3n) is 4.70. The van der Waals surface area contributed by atoms with Crippen LogP contribution in [-0.2, 0) is 10.0 Å². The van der Waals surface area contributed by atoms with Gasteiger partial charge in [0.15, 0.2) is 0 Å². The Morgan fingerprint density at radius 1 is 1.03 bits per heavy atom. The van der Waals surface area contributed by atoms with E-state index in [9.17, 15) is 13.5 Å². The fraction of sp³-hybridized carbons (Fsp3) is 0.360.